The highest BCUT2D eigenvalue weighted by molar-refractivity contribution is 7.92. The fourth-order valence-corrected chi connectivity index (χ4v) is 4.29. The first-order valence-electron chi connectivity index (χ1n) is 6.97. The van der Waals surface area contributed by atoms with Gasteiger partial charge >= 0.3 is 0 Å². The highest BCUT2D eigenvalue weighted by atomic mass is 32.2. The quantitative estimate of drug-likeness (QED) is 0.774. The lowest BCUT2D eigenvalue weighted by atomic mass is 9.98. The summed E-state index contributed by atoms with van der Waals surface area (Å²) >= 11 is 0. The summed E-state index contributed by atoms with van der Waals surface area (Å²) < 4.78 is 23.7. The SMILES string of the molecule is CNCC1CCCN(C(=O)CS(=O)(=O)CC(C)C)C1. The Morgan fingerprint density at radius 3 is 2.68 bits per heavy atom. The van der Waals surface area contributed by atoms with E-state index in [0.717, 1.165) is 19.4 Å². The number of rotatable bonds is 6. The van der Waals surface area contributed by atoms with Crippen LogP contribution in [0.25, 0.3) is 0 Å². The van der Waals surface area contributed by atoms with Gasteiger partial charge in [0.1, 0.15) is 5.75 Å². The van der Waals surface area contributed by atoms with Gasteiger partial charge in [0.2, 0.25) is 5.91 Å². The molecule has 5 nitrogen and oxygen atoms in total. The Balaban J connectivity index is 2.53. The molecular formula is C13H26N2O3S. The summed E-state index contributed by atoms with van der Waals surface area (Å²) in [5, 5.41) is 3.12. The van der Waals surface area contributed by atoms with E-state index in [1.807, 2.05) is 20.9 Å². The van der Waals surface area contributed by atoms with Crippen LogP contribution < -0.4 is 5.32 Å². The highest BCUT2D eigenvalue weighted by Crippen LogP contribution is 2.16. The molecule has 0 bridgehead atoms. The first kappa shape index (κ1) is 16.4. The number of nitrogens with one attached hydrogen (secondary N) is 1. The van der Waals surface area contributed by atoms with Crippen molar-refractivity contribution in [3.05, 3.63) is 0 Å². The smallest absolute Gasteiger partial charge is 0.237 e. The molecule has 1 heterocycles. The Kier molecular flexibility index (Phi) is 6.26. The van der Waals surface area contributed by atoms with E-state index in [0.29, 0.717) is 19.0 Å². The maximum atomic E-state index is 12.1. The molecule has 0 aromatic heterocycles. The van der Waals surface area contributed by atoms with Crippen molar-refractivity contribution >= 4 is 15.7 Å². The second-order valence-corrected chi connectivity index (χ2v) is 7.96. The van der Waals surface area contributed by atoms with Gasteiger partial charge in [-0.3, -0.25) is 4.79 Å². The number of piperidine rings is 1. The molecule has 1 saturated heterocycles. The van der Waals surface area contributed by atoms with Gasteiger partial charge in [0.15, 0.2) is 9.84 Å². The molecule has 1 fully saturated rings. The van der Waals surface area contributed by atoms with Gasteiger partial charge in [-0.15, -0.1) is 0 Å². The van der Waals surface area contributed by atoms with Crippen molar-refractivity contribution in [1.82, 2.24) is 10.2 Å². The van der Waals surface area contributed by atoms with Gasteiger partial charge in [0, 0.05) is 13.1 Å². The topological polar surface area (TPSA) is 66.5 Å². The van der Waals surface area contributed by atoms with Crippen LogP contribution in [0, 0.1) is 11.8 Å². The van der Waals surface area contributed by atoms with Gasteiger partial charge in [-0.1, -0.05) is 13.8 Å². The first-order valence-corrected chi connectivity index (χ1v) is 8.79. The molecule has 112 valence electrons. The molecule has 1 unspecified atom stereocenters. The molecule has 1 atom stereocenters. The van der Waals surface area contributed by atoms with Crippen molar-refractivity contribution in [2.24, 2.45) is 11.8 Å². The van der Waals surface area contributed by atoms with E-state index in [-0.39, 0.29) is 23.3 Å². The molecule has 6 heteroatoms. The molecule has 0 spiro atoms. The Bertz CT molecular complexity index is 391. The Hall–Kier alpha value is -0.620. The van der Waals surface area contributed by atoms with Crippen LogP contribution in [0.5, 0.6) is 0 Å². The van der Waals surface area contributed by atoms with Crippen LogP contribution >= 0.6 is 0 Å². The summed E-state index contributed by atoms with van der Waals surface area (Å²) in [6.45, 7) is 5.95. The van der Waals surface area contributed by atoms with Crippen molar-refractivity contribution in [3.63, 3.8) is 0 Å². The predicted octanol–water partition coefficient (Wildman–Crippen LogP) is 0.515. The number of sulfone groups is 1. The molecule has 1 aliphatic heterocycles. The van der Waals surface area contributed by atoms with Crippen LogP contribution in [0.1, 0.15) is 26.7 Å². The minimum atomic E-state index is -3.27. The fraction of sp³-hybridized carbons (Fsp3) is 0.923. The molecule has 0 aliphatic carbocycles. The van der Waals surface area contributed by atoms with Crippen molar-refractivity contribution in [3.8, 4) is 0 Å². The summed E-state index contributed by atoms with van der Waals surface area (Å²) in [7, 11) is -1.37. The standard InChI is InChI=1S/C13H26N2O3S/c1-11(2)9-19(17,18)10-13(16)15-6-4-5-12(8-15)7-14-3/h11-12,14H,4-10H2,1-3H3. The van der Waals surface area contributed by atoms with E-state index in [1.54, 1.807) is 4.90 Å². The Morgan fingerprint density at radius 1 is 1.42 bits per heavy atom. The molecule has 0 aromatic rings. The van der Waals surface area contributed by atoms with Gasteiger partial charge in [-0.2, -0.15) is 0 Å². The summed E-state index contributed by atoms with van der Waals surface area (Å²) in [4.78, 5) is 13.8. The van der Waals surface area contributed by atoms with Gasteiger partial charge in [0.25, 0.3) is 0 Å². The van der Waals surface area contributed by atoms with Crippen LogP contribution in [0.4, 0.5) is 0 Å². The van der Waals surface area contributed by atoms with Crippen molar-refractivity contribution in [2.45, 2.75) is 26.7 Å². The van der Waals surface area contributed by atoms with E-state index in [1.165, 1.54) is 0 Å². The van der Waals surface area contributed by atoms with E-state index in [9.17, 15) is 13.2 Å². The Labute approximate surface area is 116 Å². The number of likely N-dealkylation sites (tertiary alicyclic amines) is 1. The van der Waals surface area contributed by atoms with Crippen LogP contribution in [-0.4, -0.2) is 57.4 Å². The maximum Gasteiger partial charge on any atom is 0.237 e. The number of carbonyl (C=O) groups excluding carboxylic acids is 1. The zero-order valence-electron chi connectivity index (χ0n) is 12.2. The zero-order valence-corrected chi connectivity index (χ0v) is 13.0. The molecular weight excluding hydrogens is 264 g/mol. The van der Waals surface area contributed by atoms with Crippen molar-refractivity contribution in [2.75, 3.05) is 38.2 Å². The zero-order chi connectivity index (χ0) is 14.5. The van der Waals surface area contributed by atoms with E-state index in [4.69, 9.17) is 0 Å². The lowest BCUT2D eigenvalue weighted by Crippen LogP contribution is -2.45. The van der Waals surface area contributed by atoms with E-state index >= 15 is 0 Å². The summed E-state index contributed by atoms with van der Waals surface area (Å²) in [5.41, 5.74) is 0. The lowest BCUT2D eigenvalue weighted by molar-refractivity contribution is -0.130. The third kappa shape index (κ3) is 5.91. The number of nitrogens with zero attached hydrogens (tertiary/aromatic N) is 1. The molecule has 0 aromatic carbocycles. The third-order valence-corrected chi connectivity index (χ3v) is 5.16. The molecule has 19 heavy (non-hydrogen) atoms. The second kappa shape index (κ2) is 7.24. The number of carbonyl (C=O) groups is 1. The van der Waals surface area contributed by atoms with Gasteiger partial charge in [-0.05, 0) is 38.3 Å². The number of hydrogen-bond acceptors (Lipinski definition) is 4. The molecule has 1 rings (SSSR count). The van der Waals surface area contributed by atoms with Gasteiger partial charge in [0.05, 0.1) is 5.75 Å². The molecule has 0 radical (unpaired) electrons. The molecule has 1 aliphatic rings. The minimum Gasteiger partial charge on any atom is -0.341 e. The lowest BCUT2D eigenvalue weighted by Gasteiger charge is -2.32. The highest BCUT2D eigenvalue weighted by Gasteiger charge is 2.27. The van der Waals surface area contributed by atoms with Crippen molar-refractivity contribution in [1.29, 1.82) is 0 Å². The normalized spacial score (nSPS) is 20.8. The maximum absolute atomic E-state index is 12.1. The summed E-state index contributed by atoms with van der Waals surface area (Å²) in [5.74, 6) is 0.0254. The van der Waals surface area contributed by atoms with Crippen LogP contribution in [-0.2, 0) is 14.6 Å². The van der Waals surface area contributed by atoms with E-state index in [2.05, 4.69) is 5.32 Å². The largest absolute Gasteiger partial charge is 0.341 e. The molecule has 1 N–H and O–H groups in total. The Morgan fingerprint density at radius 2 is 2.11 bits per heavy atom. The summed E-state index contributed by atoms with van der Waals surface area (Å²) in [6.07, 6.45) is 2.06. The fourth-order valence-electron chi connectivity index (χ4n) is 2.59. The van der Waals surface area contributed by atoms with Gasteiger partial charge in [-0.25, -0.2) is 8.42 Å². The van der Waals surface area contributed by atoms with Crippen LogP contribution in [0.2, 0.25) is 0 Å². The number of amides is 1. The van der Waals surface area contributed by atoms with Gasteiger partial charge < -0.3 is 10.2 Å². The molecule has 1 amide bonds. The first-order chi connectivity index (χ1) is 8.84. The molecule has 0 saturated carbocycles. The summed E-state index contributed by atoms with van der Waals surface area (Å²) in [6, 6.07) is 0. The second-order valence-electron chi connectivity index (χ2n) is 5.85. The minimum absolute atomic E-state index is 0.0659. The third-order valence-electron chi connectivity index (χ3n) is 3.30. The van der Waals surface area contributed by atoms with E-state index < -0.39 is 9.84 Å². The van der Waals surface area contributed by atoms with Crippen molar-refractivity contribution < 1.29 is 13.2 Å². The average molecular weight is 290 g/mol. The number of hydrogen-bond donors (Lipinski definition) is 1. The van der Waals surface area contributed by atoms with Crippen LogP contribution in [0.15, 0.2) is 0 Å². The van der Waals surface area contributed by atoms with Crippen LogP contribution in [0.3, 0.4) is 0 Å². The average Bonchev–Trinajstić information content (AvgIpc) is 2.27. The monoisotopic (exact) mass is 290 g/mol. The predicted molar refractivity (Wildman–Crippen MR) is 76.7 cm³/mol.